The highest BCUT2D eigenvalue weighted by Crippen LogP contribution is 2.33. The molecular weight excluding hydrogens is 318 g/mol. The van der Waals surface area contributed by atoms with Crippen LogP contribution in [0.5, 0.6) is 5.75 Å². The van der Waals surface area contributed by atoms with Gasteiger partial charge in [-0.1, -0.05) is 15.9 Å². The number of rotatable bonds is 4. The summed E-state index contributed by atoms with van der Waals surface area (Å²) in [5, 5.41) is 3.67. The highest BCUT2D eigenvalue weighted by atomic mass is 79.9. The first-order valence-electron chi connectivity index (χ1n) is 7.49. The van der Waals surface area contributed by atoms with Gasteiger partial charge in [0.2, 0.25) is 0 Å². The Labute approximate surface area is 129 Å². The van der Waals surface area contributed by atoms with E-state index in [2.05, 4.69) is 40.3 Å². The first kappa shape index (κ1) is 14.4. The molecule has 4 heteroatoms. The van der Waals surface area contributed by atoms with Gasteiger partial charge in [-0.3, -0.25) is 0 Å². The van der Waals surface area contributed by atoms with Gasteiger partial charge in [0.15, 0.2) is 0 Å². The molecule has 1 saturated heterocycles. The van der Waals surface area contributed by atoms with Gasteiger partial charge >= 0.3 is 0 Å². The average Bonchev–Trinajstić information content (AvgIpc) is 2.93. The third-order valence-electron chi connectivity index (χ3n) is 4.41. The lowest BCUT2D eigenvalue weighted by molar-refractivity contribution is 0.0557. The topological polar surface area (TPSA) is 30.5 Å². The Balaban J connectivity index is 1.63. The fourth-order valence-corrected chi connectivity index (χ4v) is 3.68. The van der Waals surface area contributed by atoms with Crippen molar-refractivity contribution in [2.75, 3.05) is 19.8 Å². The molecule has 0 amide bonds. The lowest BCUT2D eigenvalue weighted by atomic mass is 9.93. The number of ether oxygens (including phenoxy) is 2. The van der Waals surface area contributed by atoms with Gasteiger partial charge in [0, 0.05) is 42.3 Å². The quantitative estimate of drug-likeness (QED) is 0.912. The summed E-state index contributed by atoms with van der Waals surface area (Å²) >= 11 is 3.60. The zero-order valence-electron chi connectivity index (χ0n) is 12.0. The van der Waals surface area contributed by atoms with Crippen LogP contribution >= 0.6 is 15.9 Å². The summed E-state index contributed by atoms with van der Waals surface area (Å²) in [5.74, 6) is 1.82. The maximum atomic E-state index is 5.78. The van der Waals surface area contributed by atoms with Gasteiger partial charge in [-0.2, -0.15) is 0 Å². The van der Waals surface area contributed by atoms with E-state index >= 15 is 0 Å². The van der Waals surface area contributed by atoms with Crippen molar-refractivity contribution < 1.29 is 9.47 Å². The minimum absolute atomic E-state index is 0.523. The molecule has 1 aromatic carbocycles. The largest absolute Gasteiger partial charge is 0.493 e. The van der Waals surface area contributed by atoms with Crippen LogP contribution in [-0.4, -0.2) is 25.9 Å². The van der Waals surface area contributed by atoms with E-state index in [1.165, 1.54) is 24.0 Å². The summed E-state index contributed by atoms with van der Waals surface area (Å²) in [6, 6.07) is 4.87. The first-order chi connectivity index (χ1) is 9.74. The van der Waals surface area contributed by atoms with Crippen molar-refractivity contribution in [3.8, 4) is 5.75 Å². The second kappa shape index (κ2) is 6.46. The average molecular weight is 340 g/mol. The van der Waals surface area contributed by atoms with Gasteiger partial charge in [0.25, 0.3) is 0 Å². The molecule has 1 N–H and O–H groups in total. The van der Waals surface area contributed by atoms with E-state index < -0.39 is 0 Å². The molecule has 0 spiro atoms. The van der Waals surface area contributed by atoms with E-state index in [1.54, 1.807) is 0 Å². The fourth-order valence-electron chi connectivity index (χ4n) is 3.13. The smallest absolute Gasteiger partial charge is 0.127 e. The van der Waals surface area contributed by atoms with Gasteiger partial charge in [0.05, 0.1) is 6.61 Å². The van der Waals surface area contributed by atoms with Crippen molar-refractivity contribution in [2.24, 2.45) is 5.92 Å². The predicted molar refractivity (Wildman–Crippen MR) is 83.2 cm³/mol. The van der Waals surface area contributed by atoms with Crippen LogP contribution in [0.4, 0.5) is 0 Å². The zero-order valence-corrected chi connectivity index (χ0v) is 13.5. The standard InChI is InChI=1S/C16H22BrNO2/c1-11(12-2-5-19-6-3-12)18-10-14-9-15(17)8-13-4-7-20-16(13)14/h8-9,11-12,18H,2-7,10H2,1H3. The molecule has 1 unspecified atom stereocenters. The Hall–Kier alpha value is -0.580. The van der Waals surface area contributed by atoms with E-state index in [0.29, 0.717) is 6.04 Å². The third kappa shape index (κ3) is 3.18. The maximum absolute atomic E-state index is 5.78. The lowest BCUT2D eigenvalue weighted by Crippen LogP contribution is -2.36. The molecule has 1 atom stereocenters. The highest BCUT2D eigenvalue weighted by molar-refractivity contribution is 9.10. The van der Waals surface area contributed by atoms with Crippen molar-refractivity contribution >= 4 is 15.9 Å². The van der Waals surface area contributed by atoms with Crippen LogP contribution in [-0.2, 0) is 17.7 Å². The number of nitrogens with one attached hydrogen (secondary N) is 1. The van der Waals surface area contributed by atoms with Crippen molar-refractivity contribution in [1.29, 1.82) is 0 Å². The second-order valence-electron chi connectivity index (χ2n) is 5.77. The predicted octanol–water partition coefficient (Wildman–Crippen LogP) is 3.29. The molecule has 0 bridgehead atoms. The number of halogens is 1. The van der Waals surface area contributed by atoms with Crippen molar-refractivity contribution in [3.05, 3.63) is 27.7 Å². The van der Waals surface area contributed by atoms with E-state index in [9.17, 15) is 0 Å². The third-order valence-corrected chi connectivity index (χ3v) is 4.87. The Kier molecular flexibility index (Phi) is 4.64. The molecule has 0 aromatic heterocycles. The summed E-state index contributed by atoms with van der Waals surface area (Å²) in [6.45, 7) is 5.79. The number of fused-ring (bicyclic) bond motifs is 1. The molecule has 110 valence electrons. The molecule has 3 nitrogen and oxygen atoms in total. The van der Waals surface area contributed by atoms with E-state index in [-0.39, 0.29) is 0 Å². The molecular formula is C16H22BrNO2. The number of hydrogen-bond acceptors (Lipinski definition) is 3. The van der Waals surface area contributed by atoms with Crippen LogP contribution in [0.15, 0.2) is 16.6 Å². The van der Waals surface area contributed by atoms with Crippen LogP contribution in [0, 0.1) is 5.92 Å². The zero-order chi connectivity index (χ0) is 13.9. The molecule has 3 rings (SSSR count). The van der Waals surface area contributed by atoms with Crippen LogP contribution < -0.4 is 10.1 Å². The summed E-state index contributed by atoms with van der Waals surface area (Å²) in [7, 11) is 0. The molecule has 0 saturated carbocycles. The Morgan fingerprint density at radius 2 is 2.10 bits per heavy atom. The second-order valence-corrected chi connectivity index (χ2v) is 6.69. The van der Waals surface area contributed by atoms with Gasteiger partial charge < -0.3 is 14.8 Å². The molecule has 0 radical (unpaired) electrons. The molecule has 2 heterocycles. The molecule has 20 heavy (non-hydrogen) atoms. The van der Waals surface area contributed by atoms with Crippen LogP contribution in [0.3, 0.4) is 0 Å². The van der Waals surface area contributed by atoms with E-state index in [0.717, 1.165) is 48.9 Å². The van der Waals surface area contributed by atoms with E-state index in [1.807, 2.05) is 0 Å². The fraction of sp³-hybridized carbons (Fsp3) is 0.625. The van der Waals surface area contributed by atoms with Crippen LogP contribution in [0.25, 0.3) is 0 Å². The first-order valence-corrected chi connectivity index (χ1v) is 8.28. The molecule has 2 aliphatic heterocycles. The normalized spacial score (nSPS) is 20.5. The van der Waals surface area contributed by atoms with Gasteiger partial charge in [0.1, 0.15) is 5.75 Å². The summed E-state index contributed by atoms with van der Waals surface area (Å²) in [6.07, 6.45) is 3.36. The number of hydrogen-bond donors (Lipinski definition) is 1. The van der Waals surface area contributed by atoms with E-state index in [4.69, 9.17) is 9.47 Å². The van der Waals surface area contributed by atoms with Crippen molar-refractivity contribution in [3.63, 3.8) is 0 Å². The molecule has 1 fully saturated rings. The Morgan fingerprint density at radius 1 is 1.30 bits per heavy atom. The van der Waals surface area contributed by atoms with Gasteiger partial charge in [-0.15, -0.1) is 0 Å². The Bertz CT molecular complexity index is 472. The van der Waals surface area contributed by atoms with Crippen LogP contribution in [0.1, 0.15) is 30.9 Å². The molecule has 2 aliphatic rings. The Morgan fingerprint density at radius 3 is 2.90 bits per heavy atom. The minimum atomic E-state index is 0.523. The van der Waals surface area contributed by atoms with Crippen molar-refractivity contribution in [1.82, 2.24) is 5.32 Å². The summed E-state index contributed by atoms with van der Waals surface area (Å²) in [4.78, 5) is 0. The van der Waals surface area contributed by atoms with Crippen molar-refractivity contribution in [2.45, 2.75) is 38.8 Å². The lowest BCUT2D eigenvalue weighted by Gasteiger charge is -2.28. The van der Waals surface area contributed by atoms with Gasteiger partial charge in [-0.25, -0.2) is 0 Å². The molecule has 1 aromatic rings. The molecule has 0 aliphatic carbocycles. The summed E-state index contributed by atoms with van der Waals surface area (Å²) < 4.78 is 12.4. The minimum Gasteiger partial charge on any atom is -0.493 e. The van der Waals surface area contributed by atoms with Crippen LogP contribution in [0.2, 0.25) is 0 Å². The monoisotopic (exact) mass is 339 g/mol. The van der Waals surface area contributed by atoms with Gasteiger partial charge in [-0.05, 0) is 43.4 Å². The highest BCUT2D eigenvalue weighted by Gasteiger charge is 2.22. The SMILES string of the molecule is CC(NCc1cc(Br)cc2c1OCC2)C1CCOCC1. The maximum Gasteiger partial charge on any atom is 0.127 e. The summed E-state index contributed by atoms with van der Waals surface area (Å²) in [5.41, 5.74) is 2.60. The number of benzene rings is 1.